The Morgan fingerprint density at radius 3 is 2.15 bits per heavy atom. The van der Waals surface area contributed by atoms with Gasteiger partial charge in [-0.15, -0.1) is 6.07 Å². The molecule has 0 N–H and O–H groups in total. The Bertz CT molecular complexity index is 754. The van der Waals surface area contributed by atoms with E-state index in [9.17, 15) is 0 Å². The third-order valence-electron chi connectivity index (χ3n) is 5.61. The second-order valence-corrected chi connectivity index (χ2v) is 7.41. The number of benzene rings is 2. The fourth-order valence-electron chi connectivity index (χ4n) is 4.48. The summed E-state index contributed by atoms with van der Waals surface area (Å²) in [6.07, 6.45) is 10.0. The Morgan fingerprint density at radius 2 is 1.56 bits per heavy atom. The van der Waals surface area contributed by atoms with Gasteiger partial charge in [0.2, 0.25) is 0 Å². The van der Waals surface area contributed by atoms with Crippen LogP contribution in [0, 0.1) is 13.0 Å². The average molecular weight is 436 g/mol. The Balaban J connectivity index is 0.00000102. The van der Waals surface area contributed by atoms with Crippen molar-refractivity contribution in [2.45, 2.75) is 58.3 Å². The summed E-state index contributed by atoms with van der Waals surface area (Å²) in [5, 5.41) is 0. The number of aryl methyl sites for hydroxylation is 3. The minimum absolute atomic E-state index is 0.268. The van der Waals surface area contributed by atoms with Crippen molar-refractivity contribution in [1.29, 1.82) is 0 Å². The fraction of sp³-hybridized carbons (Fsp3) is 0.478. The van der Waals surface area contributed by atoms with Crippen LogP contribution in [0.25, 0.3) is 11.1 Å². The summed E-state index contributed by atoms with van der Waals surface area (Å²) in [6, 6.07) is 10.2. The van der Waals surface area contributed by atoms with Crippen LogP contribution in [0.5, 0.6) is 5.75 Å². The van der Waals surface area contributed by atoms with E-state index >= 15 is 0 Å². The quantitative estimate of drug-likeness (QED) is 0.338. The summed E-state index contributed by atoms with van der Waals surface area (Å²) in [4.78, 5) is 0. The van der Waals surface area contributed by atoms with Gasteiger partial charge in [0.15, 0.2) is 6.79 Å². The van der Waals surface area contributed by atoms with Crippen LogP contribution in [-0.4, -0.2) is 13.9 Å². The van der Waals surface area contributed by atoms with Crippen LogP contribution in [0.15, 0.2) is 18.2 Å². The molecule has 0 saturated carbocycles. The van der Waals surface area contributed by atoms with Crippen molar-refractivity contribution < 1.29 is 26.8 Å². The maximum absolute atomic E-state index is 5.90. The Labute approximate surface area is 177 Å². The van der Waals surface area contributed by atoms with E-state index in [2.05, 4.69) is 25.1 Å². The number of methoxy groups -OCH3 is 1. The second-order valence-electron chi connectivity index (χ2n) is 7.41. The molecule has 0 atom stereocenters. The molecule has 0 aromatic heterocycles. The first-order chi connectivity index (χ1) is 13.3. The van der Waals surface area contributed by atoms with Gasteiger partial charge in [0, 0.05) is 12.9 Å². The number of halogens is 1. The molecule has 2 aromatic carbocycles. The van der Waals surface area contributed by atoms with Gasteiger partial charge < -0.3 is 9.47 Å². The molecule has 0 spiro atoms. The standard InChI is InChI=1S/C23H27O2.ClH.Zn/c1-16-11-12-22(25-15-24-2)21(13-16)23-19-9-5-3-7-17(19)14-18-8-4-6-10-20(18)23;;/h11,13-14H,3-10,15H2,1-2H3;1H;/q-1;;+2/p-1. The molecule has 27 heavy (non-hydrogen) atoms. The molecule has 2 aliphatic rings. The van der Waals surface area contributed by atoms with Crippen LogP contribution in [0.4, 0.5) is 0 Å². The van der Waals surface area contributed by atoms with E-state index in [0.29, 0.717) is 0 Å². The molecule has 0 fully saturated rings. The zero-order valence-corrected chi connectivity index (χ0v) is 20.2. The molecule has 2 aliphatic carbocycles. The van der Waals surface area contributed by atoms with Gasteiger partial charge in [-0.2, -0.15) is 17.7 Å². The molecule has 140 valence electrons. The van der Waals surface area contributed by atoms with Gasteiger partial charge in [-0.05, 0) is 73.6 Å². The van der Waals surface area contributed by atoms with Gasteiger partial charge in [-0.3, -0.25) is 0 Å². The van der Waals surface area contributed by atoms with E-state index in [1.54, 1.807) is 29.4 Å². The van der Waals surface area contributed by atoms with Gasteiger partial charge in [-0.25, -0.2) is 0 Å². The summed E-state index contributed by atoms with van der Waals surface area (Å²) in [5.41, 5.74) is 10.2. The predicted molar refractivity (Wildman–Crippen MR) is 107 cm³/mol. The molecule has 4 heteroatoms. The molecule has 0 amide bonds. The van der Waals surface area contributed by atoms with Gasteiger partial charge >= 0.3 is 27.0 Å². The van der Waals surface area contributed by atoms with E-state index in [1.165, 1.54) is 68.1 Å². The predicted octanol–water partition coefficient (Wildman–Crippen LogP) is 5.89. The molecule has 4 rings (SSSR count). The number of hydrogen-bond donors (Lipinski definition) is 0. The van der Waals surface area contributed by atoms with Gasteiger partial charge in [0.05, 0.1) is 0 Å². The monoisotopic (exact) mass is 434 g/mol. The molecule has 0 unspecified atom stereocenters. The summed E-state index contributed by atoms with van der Waals surface area (Å²) < 4.78 is 11.0. The maximum atomic E-state index is 5.90. The molecular formula is C23H27ClO2Zn. The molecular weight excluding hydrogens is 409 g/mol. The van der Waals surface area contributed by atoms with Crippen LogP contribution >= 0.6 is 9.69 Å². The zero-order chi connectivity index (χ0) is 19.2. The third-order valence-corrected chi connectivity index (χ3v) is 5.61. The van der Waals surface area contributed by atoms with Crippen LogP contribution < -0.4 is 4.74 Å². The molecule has 0 heterocycles. The fourth-order valence-corrected chi connectivity index (χ4v) is 4.48. The molecule has 0 bridgehead atoms. The summed E-state index contributed by atoms with van der Waals surface area (Å²) in [5.74, 6) is 0.833. The van der Waals surface area contributed by atoms with Crippen LogP contribution in [0.3, 0.4) is 0 Å². The molecule has 2 aromatic rings. The average Bonchev–Trinajstić information content (AvgIpc) is 2.72. The summed E-state index contributed by atoms with van der Waals surface area (Å²) in [7, 11) is 6.43. The number of ether oxygens (including phenoxy) is 2. The minimum atomic E-state index is 0.268. The first-order valence-electron chi connectivity index (χ1n) is 9.85. The van der Waals surface area contributed by atoms with Gasteiger partial charge in [0.1, 0.15) is 0 Å². The van der Waals surface area contributed by atoms with E-state index in [1.807, 2.05) is 6.07 Å². The van der Waals surface area contributed by atoms with E-state index in [-0.39, 0.29) is 6.79 Å². The van der Waals surface area contributed by atoms with Crippen molar-refractivity contribution in [2.24, 2.45) is 0 Å². The first kappa shape index (κ1) is 20.8. The Hall–Kier alpha value is -0.887. The SMILES string of the molecule is COCOc1[c-]cc(C)cc1-c1c2c(cc3c1CCCC3)CCCC2.[Cl][Zn+]. The molecule has 0 saturated heterocycles. The number of fused-ring (bicyclic) bond motifs is 2. The Kier molecular flexibility index (Phi) is 7.76. The molecule has 0 aliphatic heterocycles. The van der Waals surface area contributed by atoms with Crippen LogP contribution in [0.1, 0.15) is 53.5 Å². The molecule has 0 radical (unpaired) electrons. The normalized spacial score (nSPS) is 15.3. The van der Waals surface area contributed by atoms with E-state index < -0.39 is 0 Å². The van der Waals surface area contributed by atoms with Crippen molar-refractivity contribution in [3.63, 3.8) is 0 Å². The summed E-state index contributed by atoms with van der Waals surface area (Å²) >= 11 is 0.847. The molecule has 2 nitrogen and oxygen atoms in total. The summed E-state index contributed by atoms with van der Waals surface area (Å²) in [6.45, 7) is 2.41. The van der Waals surface area contributed by atoms with Gasteiger partial charge in [0.25, 0.3) is 0 Å². The van der Waals surface area contributed by atoms with E-state index in [4.69, 9.17) is 19.2 Å². The topological polar surface area (TPSA) is 18.5 Å². The number of hydrogen-bond acceptors (Lipinski definition) is 2. The Morgan fingerprint density at radius 1 is 0.963 bits per heavy atom. The zero-order valence-electron chi connectivity index (χ0n) is 16.5. The van der Waals surface area contributed by atoms with Crippen molar-refractivity contribution in [2.75, 3.05) is 13.9 Å². The first-order valence-corrected chi connectivity index (χ1v) is 13.8. The van der Waals surface area contributed by atoms with Crippen molar-refractivity contribution in [3.8, 4) is 16.9 Å². The number of rotatable bonds is 4. The van der Waals surface area contributed by atoms with E-state index in [0.717, 1.165) is 23.1 Å². The van der Waals surface area contributed by atoms with Gasteiger partial charge in [-0.1, -0.05) is 24.1 Å². The van der Waals surface area contributed by atoms with Crippen molar-refractivity contribution >= 4 is 9.69 Å². The van der Waals surface area contributed by atoms with Crippen molar-refractivity contribution in [3.05, 3.63) is 52.1 Å². The third kappa shape index (κ3) is 4.58. The van der Waals surface area contributed by atoms with Crippen LogP contribution in [-0.2, 0) is 47.7 Å². The second kappa shape index (κ2) is 10.1. The van der Waals surface area contributed by atoms with Crippen LogP contribution in [0.2, 0.25) is 0 Å². The van der Waals surface area contributed by atoms with Crippen molar-refractivity contribution in [1.82, 2.24) is 0 Å².